The maximum absolute atomic E-state index is 14.8. The Morgan fingerprint density at radius 2 is 2.21 bits per heavy atom. The number of aryl methyl sites for hydroxylation is 1. The fraction of sp³-hybridized carbons (Fsp3) is 0.500. The van der Waals surface area contributed by atoms with Crippen molar-refractivity contribution in [2.24, 2.45) is 0 Å². The van der Waals surface area contributed by atoms with Gasteiger partial charge in [0.25, 0.3) is 0 Å². The summed E-state index contributed by atoms with van der Waals surface area (Å²) in [7, 11) is 0. The molecule has 0 saturated carbocycles. The fourth-order valence-electron chi connectivity index (χ4n) is 3.62. The zero-order valence-corrected chi connectivity index (χ0v) is 16.2. The van der Waals surface area contributed by atoms with Gasteiger partial charge in [-0.3, -0.25) is 9.69 Å². The second kappa shape index (κ2) is 7.64. The Balaban J connectivity index is 1.43. The molecule has 11 heteroatoms. The van der Waals surface area contributed by atoms with Crippen LogP contribution in [-0.4, -0.2) is 64.5 Å². The van der Waals surface area contributed by atoms with E-state index in [1.54, 1.807) is 23.9 Å². The van der Waals surface area contributed by atoms with Crippen LogP contribution in [0.2, 0.25) is 0 Å². The van der Waals surface area contributed by atoms with Gasteiger partial charge in [0.1, 0.15) is 11.9 Å². The van der Waals surface area contributed by atoms with Crippen molar-refractivity contribution in [3.63, 3.8) is 0 Å². The molecular formula is C18H22FN7O3. The van der Waals surface area contributed by atoms with Crippen LogP contribution in [0.3, 0.4) is 0 Å². The van der Waals surface area contributed by atoms with E-state index >= 15 is 0 Å². The summed E-state index contributed by atoms with van der Waals surface area (Å²) in [6.45, 7) is 4.90. The summed E-state index contributed by atoms with van der Waals surface area (Å²) in [5.74, 6) is -0.00709. The quantitative estimate of drug-likeness (QED) is 0.795. The predicted molar refractivity (Wildman–Crippen MR) is 101 cm³/mol. The SMILES string of the molecule is CC(=O)NC[C@H]1CN(c2ccc(N3CC[C@H](n4nnc(C)n4)C3)c(F)c2)C(=O)O1. The molecule has 2 saturated heterocycles. The van der Waals surface area contributed by atoms with Crippen molar-refractivity contribution >= 4 is 23.4 Å². The largest absolute Gasteiger partial charge is 0.442 e. The number of hydrogen-bond acceptors (Lipinski definition) is 7. The minimum atomic E-state index is -0.554. The lowest BCUT2D eigenvalue weighted by molar-refractivity contribution is -0.119. The smallest absolute Gasteiger partial charge is 0.414 e. The van der Waals surface area contributed by atoms with Gasteiger partial charge in [-0.1, -0.05) is 0 Å². The highest BCUT2D eigenvalue weighted by Crippen LogP contribution is 2.31. The van der Waals surface area contributed by atoms with Crippen molar-refractivity contribution < 1.29 is 18.7 Å². The number of tetrazole rings is 1. The third kappa shape index (κ3) is 3.98. The van der Waals surface area contributed by atoms with Gasteiger partial charge in [0.05, 0.1) is 30.5 Å². The molecule has 2 aliphatic heterocycles. The van der Waals surface area contributed by atoms with E-state index in [4.69, 9.17) is 4.74 Å². The van der Waals surface area contributed by atoms with Gasteiger partial charge in [-0.05, 0) is 36.8 Å². The topological polar surface area (TPSA) is 105 Å². The minimum absolute atomic E-state index is 0.0402. The van der Waals surface area contributed by atoms with Crippen LogP contribution < -0.4 is 15.1 Å². The minimum Gasteiger partial charge on any atom is -0.442 e. The predicted octanol–water partition coefficient (Wildman–Crippen LogP) is 1.03. The summed E-state index contributed by atoms with van der Waals surface area (Å²) >= 11 is 0. The number of benzene rings is 1. The number of rotatable bonds is 5. The Morgan fingerprint density at radius 1 is 1.38 bits per heavy atom. The van der Waals surface area contributed by atoms with Gasteiger partial charge < -0.3 is 15.0 Å². The highest BCUT2D eigenvalue weighted by Gasteiger charge is 2.33. The highest BCUT2D eigenvalue weighted by atomic mass is 19.1. The first-order valence-corrected chi connectivity index (χ1v) is 9.44. The monoisotopic (exact) mass is 403 g/mol. The number of anilines is 2. The average molecular weight is 403 g/mol. The molecule has 1 N–H and O–H groups in total. The summed E-state index contributed by atoms with van der Waals surface area (Å²) < 4.78 is 20.1. The van der Waals surface area contributed by atoms with Gasteiger partial charge in [-0.25, -0.2) is 9.18 Å². The average Bonchev–Trinajstić information content (AvgIpc) is 3.39. The third-order valence-corrected chi connectivity index (χ3v) is 5.05. The van der Waals surface area contributed by atoms with E-state index in [0.29, 0.717) is 30.3 Å². The molecule has 2 aromatic rings. The molecule has 3 heterocycles. The van der Waals surface area contributed by atoms with Crippen LogP contribution in [0.4, 0.5) is 20.6 Å². The van der Waals surface area contributed by atoms with Gasteiger partial charge in [0, 0.05) is 20.0 Å². The molecule has 2 amide bonds. The zero-order valence-electron chi connectivity index (χ0n) is 16.2. The first-order chi connectivity index (χ1) is 13.9. The number of cyclic esters (lactones) is 1. The standard InChI is InChI=1S/C18H22FN7O3/c1-11-21-23-26(22-11)14-5-6-24(9-14)17-4-3-13(7-16(17)19)25-10-15(29-18(25)28)8-20-12(2)27/h3-4,7,14-15H,5-6,8-10H2,1-2H3,(H,20,27)/t14-,15-/m0/s1. The molecule has 29 heavy (non-hydrogen) atoms. The number of nitrogens with one attached hydrogen (secondary N) is 1. The van der Waals surface area contributed by atoms with Crippen LogP contribution in [0.25, 0.3) is 0 Å². The van der Waals surface area contributed by atoms with Crippen molar-refractivity contribution in [3.05, 3.63) is 29.8 Å². The van der Waals surface area contributed by atoms with E-state index in [0.717, 1.165) is 6.42 Å². The molecule has 0 aliphatic carbocycles. The van der Waals surface area contributed by atoms with Gasteiger partial charge in [-0.2, -0.15) is 4.80 Å². The Morgan fingerprint density at radius 3 is 2.90 bits per heavy atom. The Hall–Kier alpha value is -3.24. The molecule has 2 aliphatic rings. The van der Waals surface area contributed by atoms with Crippen LogP contribution in [0.15, 0.2) is 18.2 Å². The van der Waals surface area contributed by atoms with Crippen molar-refractivity contribution in [2.75, 3.05) is 36.0 Å². The van der Waals surface area contributed by atoms with Crippen LogP contribution in [-0.2, 0) is 9.53 Å². The van der Waals surface area contributed by atoms with E-state index in [-0.39, 0.29) is 25.0 Å². The van der Waals surface area contributed by atoms with E-state index < -0.39 is 18.0 Å². The van der Waals surface area contributed by atoms with E-state index in [1.807, 2.05) is 4.90 Å². The summed E-state index contributed by atoms with van der Waals surface area (Å²) in [4.78, 5) is 28.0. The van der Waals surface area contributed by atoms with Crippen LogP contribution >= 0.6 is 0 Å². The van der Waals surface area contributed by atoms with E-state index in [9.17, 15) is 14.0 Å². The number of amides is 2. The molecule has 0 radical (unpaired) electrons. The first-order valence-electron chi connectivity index (χ1n) is 9.44. The summed E-state index contributed by atoms with van der Waals surface area (Å²) in [6.07, 6.45) is -0.228. The second-order valence-electron chi connectivity index (χ2n) is 7.23. The zero-order chi connectivity index (χ0) is 20.5. The summed E-state index contributed by atoms with van der Waals surface area (Å²) in [5.41, 5.74) is 0.890. The lowest BCUT2D eigenvalue weighted by atomic mass is 10.2. The Kier molecular flexibility index (Phi) is 5.03. The molecule has 4 rings (SSSR count). The maximum atomic E-state index is 14.8. The second-order valence-corrected chi connectivity index (χ2v) is 7.23. The number of aromatic nitrogens is 4. The molecular weight excluding hydrogens is 381 g/mol. The van der Waals surface area contributed by atoms with E-state index in [1.165, 1.54) is 17.9 Å². The molecule has 1 aromatic carbocycles. The summed E-state index contributed by atoms with van der Waals surface area (Å²) in [6, 6.07) is 4.74. The van der Waals surface area contributed by atoms with Crippen LogP contribution in [0.5, 0.6) is 0 Å². The molecule has 0 spiro atoms. The number of ether oxygens (including phenoxy) is 1. The number of carbonyl (C=O) groups excluding carboxylic acids is 2. The Labute approximate surface area is 166 Å². The van der Waals surface area contributed by atoms with Crippen LogP contribution in [0, 0.1) is 12.7 Å². The van der Waals surface area contributed by atoms with Crippen molar-refractivity contribution in [2.45, 2.75) is 32.4 Å². The lowest BCUT2D eigenvalue weighted by Gasteiger charge is -2.21. The van der Waals surface area contributed by atoms with Gasteiger partial charge >= 0.3 is 6.09 Å². The van der Waals surface area contributed by atoms with Crippen molar-refractivity contribution in [1.82, 2.24) is 25.5 Å². The molecule has 2 atom stereocenters. The van der Waals surface area contributed by atoms with Gasteiger partial charge in [0.15, 0.2) is 5.82 Å². The fourth-order valence-corrected chi connectivity index (χ4v) is 3.62. The van der Waals surface area contributed by atoms with Gasteiger partial charge in [-0.15, -0.1) is 10.2 Å². The van der Waals surface area contributed by atoms with Gasteiger partial charge in [0.2, 0.25) is 5.91 Å². The highest BCUT2D eigenvalue weighted by molar-refractivity contribution is 5.90. The maximum Gasteiger partial charge on any atom is 0.414 e. The van der Waals surface area contributed by atoms with Crippen molar-refractivity contribution in [3.8, 4) is 0 Å². The van der Waals surface area contributed by atoms with Crippen LogP contribution in [0.1, 0.15) is 25.2 Å². The molecule has 10 nitrogen and oxygen atoms in total. The number of carbonyl (C=O) groups is 2. The number of hydrogen-bond donors (Lipinski definition) is 1. The first kappa shape index (κ1) is 19.1. The molecule has 154 valence electrons. The third-order valence-electron chi connectivity index (χ3n) is 5.05. The molecule has 2 fully saturated rings. The van der Waals surface area contributed by atoms with Crippen molar-refractivity contribution in [1.29, 1.82) is 0 Å². The number of halogens is 1. The van der Waals surface area contributed by atoms with E-state index in [2.05, 4.69) is 20.7 Å². The summed E-state index contributed by atoms with van der Waals surface area (Å²) in [5, 5.41) is 14.8. The Bertz CT molecular complexity index is 934. The lowest BCUT2D eigenvalue weighted by Crippen LogP contribution is -2.33. The molecule has 1 aromatic heterocycles. The molecule has 0 unspecified atom stereocenters. The number of nitrogens with zero attached hydrogens (tertiary/aromatic N) is 6. The molecule has 0 bridgehead atoms. The normalized spacial score (nSPS) is 21.6.